The van der Waals surface area contributed by atoms with Gasteiger partial charge in [-0.15, -0.1) is 0 Å². The highest BCUT2D eigenvalue weighted by Crippen LogP contribution is 2.40. The van der Waals surface area contributed by atoms with Gasteiger partial charge in [-0.2, -0.15) is 0 Å². The van der Waals surface area contributed by atoms with Gasteiger partial charge in [-0.05, 0) is 116 Å². The Labute approximate surface area is 460 Å². The number of aliphatic hydroxyl groups excluding tert-OH is 3. The van der Waals surface area contributed by atoms with E-state index in [1.165, 1.54) is 13.8 Å². The van der Waals surface area contributed by atoms with Gasteiger partial charge in [-0.1, -0.05) is 79.7 Å². The standard InChI is InChI=1S/C35H30N4O4.C30H24N4O3/c1-4-27-11-5-24-8-14-30(17-33(24)36-27)39(31-15-9-25-6-12-28(20-42-22(2)40)37-34(25)18-31)32-16-10-26-7-13-29(21-43-23(3)41)38-35(26)19-32;35-16-22-7-1-19-4-10-25(13-28(19)31-22)34(26-11-5-20-2-8-23(17-36)32-29(20)14-26)27-12-6-21-3-9-24(18-37)33-30(21)15-27/h5-19H,4,20-21H2,1-3H3;1-15,35-37H,16-18H2. The Bertz CT molecular complexity index is 4020. The van der Waals surface area contributed by atoms with Gasteiger partial charge >= 0.3 is 11.9 Å². The molecule has 0 unspecified atom stereocenters. The number of carbonyl (C=O) groups excluding carboxylic acids is 2. The van der Waals surface area contributed by atoms with E-state index in [-0.39, 0.29) is 45.0 Å². The predicted molar refractivity (Wildman–Crippen MR) is 312 cm³/mol. The van der Waals surface area contributed by atoms with Gasteiger partial charge in [0.15, 0.2) is 0 Å². The summed E-state index contributed by atoms with van der Waals surface area (Å²) in [6.45, 7) is 4.71. The Morgan fingerprint density at radius 3 is 0.787 bits per heavy atom. The summed E-state index contributed by atoms with van der Waals surface area (Å²) in [6.07, 6.45) is 0.849. The number of rotatable bonds is 14. The quantitative estimate of drug-likeness (QED) is 0.0869. The van der Waals surface area contributed by atoms with E-state index < -0.39 is 0 Å². The summed E-state index contributed by atoms with van der Waals surface area (Å²) in [5.41, 5.74) is 14.3. The fraction of sp³-hybridized carbons (Fsp3) is 0.138. The zero-order valence-electron chi connectivity index (χ0n) is 44.1. The fourth-order valence-electron chi connectivity index (χ4n) is 9.59. The number of aliphatic hydroxyl groups is 3. The molecule has 0 saturated carbocycles. The van der Waals surface area contributed by atoms with Gasteiger partial charge in [0.1, 0.15) is 13.2 Å². The molecule has 0 saturated heterocycles. The summed E-state index contributed by atoms with van der Waals surface area (Å²) in [5.74, 6) is -0.696. The van der Waals surface area contributed by atoms with Gasteiger partial charge in [-0.3, -0.25) is 29.5 Å². The minimum absolute atomic E-state index is 0.112. The first-order valence-electron chi connectivity index (χ1n) is 26.1. The van der Waals surface area contributed by atoms with Crippen molar-refractivity contribution in [3.05, 3.63) is 216 Å². The largest absolute Gasteiger partial charge is 0.459 e. The molecule has 6 aromatic carbocycles. The minimum atomic E-state index is -0.348. The summed E-state index contributed by atoms with van der Waals surface area (Å²) >= 11 is 0. The third kappa shape index (κ3) is 11.4. The third-order valence-electron chi connectivity index (χ3n) is 13.6. The molecule has 0 radical (unpaired) electrons. The first kappa shape index (κ1) is 52.3. The van der Waals surface area contributed by atoms with Crippen LogP contribution in [-0.4, -0.2) is 57.2 Å². The van der Waals surface area contributed by atoms with Crippen molar-refractivity contribution in [1.29, 1.82) is 0 Å². The van der Waals surface area contributed by atoms with E-state index in [1.54, 1.807) is 0 Å². The third-order valence-corrected chi connectivity index (χ3v) is 13.6. The second kappa shape index (κ2) is 23.0. The molecular formula is C65H54N8O7. The lowest BCUT2D eigenvalue weighted by atomic mass is 10.1. The molecule has 396 valence electrons. The number of aryl methyl sites for hydroxylation is 1. The van der Waals surface area contributed by atoms with E-state index in [4.69, 9.17) is 24.4 Å². The van der Waals surface area contributed by atoms with Crippen LogP contribution < -0.4 is 9.80 Å². The van der Waals surface area contributed by atoms with Gasteiger partial charge in [0.25, 0.3) is 0 Å². The van der Waals surface area contributed by atoms with Gasteiger partial charge in [0.2, 0.25) is 0 Å². The number of hydrogen-bond donors (Lipinski definition) is 3. The highest BCUT2D eigenvalue weighted by atomic mass is 16.5. The number of pyridine rings is 6. The maximum Gasteiger partial charge on any atom is 0.303 e. The number of aromatic nitrogens is 6. The average molecular weight is 1060 g/mol. The number of hydrogen-bond acceptors (Lipinski definition) is 15. The van der Waals surface area contributed by atoms with E-state index in [0.29, 0.717) is 28.5 Å². The van der Waals surface area contributed by atoms with Gasteiger partial charge in [0, 0.05) is 86.0 Å². The minimum Gasteiger partial charge on any atom is -0.459 e. The average Bonchev–Trinajstić information content (AvgIpc) is 3.50. The molecule has 0 bridgehead atoms. The van der Waals surface area contributed by atoms with Crippen LogP contribution in [0.5, 0.6) is 0 Å². The Balaban J connectivity index is 0.000000171. The molecule has 0 aliphatic carbocycles. The highest BCUT2D eigenvalue weighted by molar-refractivity contribution is 5.95. The maximum atomic E-state index is 11.4. The van der Waals surface area contributed by atoms with Crippen LogP contribution in [0.3, 0.4) is 0 Å². The molecule has 0 fully saturated rings. The summed E-state index contributed by atoms with van der Waals surface area (Å²) in [4.78, 5) is 55.3. The second-order valence-electron chi connectivity index (χ2n) is 19.1. The van der Waals surface area contributed by atoms with E-state index in [1.807, 2.05) is 140 Å². The predicted octanol–water partition coefficient (Wildman–Crippen LogP) is 12.8. The molecule has 0 spiro atoms. The fourth-order valence-corrected chi connectivity index (χ4v) is 9.59. The molecule has 0 aliphatic heterocycles. The molecule has 12 aromatic rings. The summed E-state index contributed by atoms with van der Waals surface area (Å²) in [6, 6.07) is 59.8. The Kier molecular flexibility index (Phi) is 15.1. The van der Waals surface area contributed by atoms with E-state index in [2.05, 4.69) is 74.1 Å². The number of benzene rings is 6. The second-order valence-corrected chi connectivity index (χ2v) is 19.1. The van der Waals surface area contributed by atoms with E-state index in [0.717, 1.165) is 112 Å². The van der Waals surface area contributed by atoms with Crippen molar-refractivity contribution >= 4 is 111 Å². The molecule has 0 aliphatic rings. The van der Waals surface area contributed by atoms with Crippen molar-refractivity contribution in [1.82, 2.24) is 29.9 Å². The molecule has 6 heterocycles. The number of anilines is 6. The zero-order valence-corrected chi connectivity index (χ0v) is 44.1. The van der Waals surface area contributed by atoms with E-state index >= 15 is 0 Å². The molecule has 0 atom stereocenters. The summed E-state index contributed by atoms with van der Waals surface area (Å²) in [7, 11) is 0. The van der Waals surface area contributed by atoms with Crippen molar-refractivity contribution in [2.45, 2.75) is 60.2 Å². The topological polar surface area (TPSA) is 197 Å². The molecule has 6 aromatic heterocycles. The lowest BCUT2D eigenvalue weighted by Gasteiger charge is -2.26. The lowest BCUT2D eigenvalue weighted by Crippen LogP contribution is -2.10. The summed E-state index contributed by atoms with van der Waals surface area (Å²) in [5, 5.41) is 34.7. The Morgan fingerprint density at radius 1 is 0.338 bits per heavy atom. The van der Waals surface area contributed by atoms with Crippen LogP contribution in [0.4, 0.5) is 34.1 Å². The molecule has 80 heavy (non-hydrogen) atoms. The molecule has 3 N–H and O–H groups in total. The first-order chi connectivity index (χ1) is 39.0. The van der Waals surface area contributed by atoms with E-state index in [9.17, 15) is 24.9 Å². The van der Waals surface area contributed by atoms with Crippen molar-refractivity contribution in [2.75, 3.05) is 9.80 Å². The number of carbonyl (C=O) groups is 2. The first-order valence-corrected chi connectivity index (χ1v) is 26.1. The van der Waals surface area contributed by atoms with Crippen LogP contribution in [0.2, 0.25) is 0 Å². The molecule has 12 rings (SSSR count). The van der Waals surface area contributed by atoms with Crippen molar-refractivity contribution < 1.29 is 34.4 Å². The van der Waals surface area contributed by atoms with Gasteiger partial charge in [-0.25, -0.2) is 9.97 Å². The Hall–Kier alpha value is -9.80. The number of ether oxygens (including phenoxy) is 2. The van der Waals surface area contributed by atoms with Crippen molar-refractivity contribution in [3.8, 4) is 0 Å². The smallest absolute Gasteiger partial charge is 0.303 e. The van der Waals surface area contributed by atoms with Crippen LogP contribution in [0.25, 0.3) is 65.4 Å². The molecular weight excluding hydrogens is 1000 g/mol. The molecule has 0 amide bonds. The zero-order chi connectivity index (χ0) is 55.3. The van der Waals surface area contributed by atoms with Crippen LogP contribution in [0.15, 0.2) is 182 Å². The van der Waals surface area contributed by atoms with Gasteiger partial charge < -0.3 is 34.6 Å². The molecule has 15 nitrogen and oxygen atoms in total. The Morgan fingerprint density at radius 2 is 0.550 bits per heavy atom. The number of fused-ring (bicyclic) bond motifs is 6. The van der Waals surface area contributed by atoms with Gasteiger partial charge in [0.05, 0.1) is 81.4 Å². The monoisotopic (exact) mass is 1060 g/mol. The maximum absolute atomic E-state index is 11.4. The highest BCUT2D eigenvalue weighted by Gasteiger charge is 2.19. The SMILES string of the molecule is CCc1ccc2ccc(N(c3ccc4ccc(COC(C)=O)nc4c3)c3ccc4ccc(COC(C)=O)nc4c3)cc2n1.OCc1ccc2ccc(N(c3ccc4ccc(CO)nc4c3)c3ccc4ccc(CO)nc4c3)cc2n1. The van der Waals surface area contributed by atoms with Crippen LogP contribution in [-0.2, 0) is 58.5 Å². The normalized spacial score (nSPS) is 11.3. The number of esters is 2. The van der Waals surface area contributed by atoms with Crippen LogP contribution in [0.1, 0.15) is 54.9 Å². The lowest BCUT2D eigenvalue weighted by molar-refractivity contribution is -0.143. The summed E-state index contributed by atoms with van der Waals surface area (Å²) < 4.78 is 10.4. The number of nitrogens with zero attached hydrogens (tertiary/aromatic N) is 8. The van der Waals surface area contributed by atoms with Crippen molar-refractivity contribution in [3.63, 3.8) is 0 Å². The molecule has 15 heteroatoms. The van der Waals surface area contributed by atoms with Crippen LogP contribution in [0, 0.1) is 0 Å². The van der Waals surface area contributed by atoms with Crippen molar-refractivity contribution in [2.24, 2.45) is 0 Å². The van der Waals surface area contributed by atoms with Crippen LogP contribution >= 0.6 is 0 Å².